The Morgan fingerprint density at radius 2 is 1.89 bits per heavy atom. The lowest BCUT2D eigenvalue weighted by atomic mass is 10.1. The van der Waals surface area contributed by atoms with E-state index in [9.17, 15) is 9.59 Å². The molecule has 0 aliphatic carbocycles. The Balaban J connectivity index is 2.41. The largest absolute Gasteiger partial charge is 0.308 e. The zero-order valence-electron chi connectivity index (χ0n) is 10.0. The van der Waals surface area contributed by atoms with E-state index in [1.54, 1.807) is 6.07 Å². The molecule has 0 bridgehead atoms. The molecule has 2 rings (SSSR count). The van der Waals surface area contributed by atoms with Gasteiger partial charge in [-0.25, -0.2) is 0 Å². The van der Waals surface area contributed by atoms with Crippen LogP contribution >= 0.6 is 23.2 Å². The molecule has 0 spiro atoms. The van der Waals surface area contributed by atoms with Crippen LogP contribution in [0.2, 0.25) is 10.0 Å². The van der Waals surface area contributed by atoms with Crippen LogP contribution in [0.4, 0.5) is 5.69 Å². The number of anilines is 1. The van der Waals surface area contributed by atoms with Gasteiger partial charge in [-0.15, -0.1) is 0 Å². The highest BCUT2D eigenvalue weighted by molar-refractivity contribution is 6.55. The number of nitrogens with zero attached hydrogens (tertiary/aromatic N) is 2. The van der Waals surface area contributed by atoms with E-state index in [0.717, 1.165) is 0 Å². The summed E-state index contributed by atoms with van der Waals surface area (Å²) in [5.41, 5.74) is 0.758. The zero-order valence-corrected chi connectivity index (χ0v) is 11.5. The summed E-state index contributed by atoms with van der Waals surface area (Å²) in [5, 5.41) is 0.638. The SMILES string of the molecule is CN(C)CCN1C(=O)C(=O)c2c(Cl)cc(Cl)cc21. The van der Waals surface area contributed by atoms with Gasteiger partial charge >= 0.3 is 0 Å². The Bertz CT molecular complexity index is 529. The van der Waals surface area contributed by atoms with Crippen molar-refractivity contribution < 1.29 is 9.59 Å². The molecule has 1 amide bonds. The minimum absolute atomic E-state index is 0.225. The summed E-state index contributed by atoms with van der Waals surface area (Å²) in [6.45, 7) is 1.09. The molecule has 0 fully saturated rings. The first-order valence-electron chi connectivity index (χ1n) is 5.42. The molecule has 6 heteroatoms. The number of fused-ring (bicyclic) bond motifs is 1. The normalized spacial score (nSPS) is 14.6. The molecule has 0 aromatic heterocycles. The van der Waals surface area contributed by atoms with E-state index in [1.807, 2.05) is 19.0 Å². The van der Waals surface area contributed by atoms with Gasteiger partial charge in [0.1, 0.15) is 0 Å². The van der Waals surface area contributed by atoms with Crippen LogP contribution in [0.5, 0.6) is 0 Å². The quantitative estimate of drug-likeness (QED) is 0.799. The Morgan fingerprint density at radius 1 is 1.22 bits per heavy atom. The molecule has 18 heavy (non-hydrogen) atoms. The third kappa shape index (κ3) is 2.23. The molecular formula is C12H12Cl2N2O2. The Morgan fingerprint density at radius 3 is 2.50 bits per heavy atom. The number of Topliss-reactive ketones (excluding diaryl/α,β-unsaturated/α-hetero) is 1. The number of carbonyl (C=O) groups is 2. The van der Waals surface area contributed by atoms with Gasteiger partial charge in [0, 0.05) is 18.1 Å². The topological polar surface area (TPSA) is 40.6 Å². The maximum atomic E-state index is 11.9. The van der Waals surface area contributed by atoms with Crippen LogP contribution < -0.4 is 4.90 Å². The van der Waals surface area contributed by atoms with Gasteiger partial charge in [-0.3, -0.25) is 9.59 Å². The lowest BCUT2D eigenvalue weighted by molar-refractivity contribution is -0.114. The second-order valence-electron chi connectivity index (χ2n) is 4.37. The van der Waals surface area contributed by atoms with Gasteiger partial charge in [0.25, 0.3) is 11.7 Å². The average molecular weight is 287 g/mol. The zero-order chi connectivity index (χ0) is 13.4. The minimum atomic E-state index is -0.564. The van der Waals surface area contributed by atoms with Crippen molar-refractivity contribution in [2.75, 3.05) is 32.1 Å². The Labute approximate surface area is 115 Å². The molecule has 1 aromatic rings. The standard InChI is InChI=1S/C12H12Cl2N2O2/c1-15(2)3-4-16-9-6-7(13)5-8(14)10(9)11(17)12(16)18/h5-6H,3-4H2,1-2H3. The van der Waals surface area contributed by atoms with E-state index in [0.29, 0.717) is 23.8 Å². The number of carbonyl (C=O) groups excluding carboxylic acids is 2. The minimum Gasteiger partial charge on any atom is -0.308 e. The summed E-state index contributed by atoms with van der Waals surface area (Å²) in [6, 6.07) is 3.07. The third-order valence-electron chi connectivity index (χ3n) is 2.76. The van der Waals surface area contributed by atoms with Crippen LogP contribution in [-0.2, 0) is 4.79 Å². The molecule has 4 nitrogen and oxygen atoms in total. The molecule has 0 saturated heterocycles. The first kappa shape index (κ1) is 13.3. The third-order valence-corrected chi connectivity index (χ3v) is 3.28. The van der Waals surface area contributed by atoms with Crippen LogP contribution in [0.15, 0.2) is 12.1 Å². The number of benzene rings is 1. The molecular weight excluding hydrogens is 275 g/mol. The molecule has 0 atom stereocenters. The van der Waals surface area contributed by atoms with Gasteiger partial charge in [0.2, 0.25) is 0 Å². The second kappa shape index (κ2) is 4.88. The van der Waals surface area contributed by atoms with Crippen molar-refractivity contribution in [3.8, 4) is 0 Å². The lowest BCUT2D eigenvalue weighted by Crippen LogP contribution is -2.35. The van der Waals surface area contributed by atoms with Crippen molar-refractivity contribution in [2.24, 2.45) is 0 Å². The summed E-state index contributed by atoms with van der Waals surface area (Å²) in [7, 11) is 3.79. The Kier molecular flexibility index (Phi) is 3.61. The maximum Gasteiger partial charge on any atom is 0.299 e. The summed E-state index contributed by atoms with van der Waals surface area (Å²) in [6.07, 6.45) is 0. The smallest absolute Gasteiger partial charge is 0.299 e. The summed E-state index contributed by atoms with van der Waals surface area (Å²) in [4.78, 5) is 27.1. The fraction of sp³-hybridized carbons (Fsp3) is 0.333. The van der Waals surface area contributed by atoms with Crippen molar-refractivity contribution in [1.82, 2.24) is 4.90 Å². The molecule has 1 aliphatic heterocycles. The highest BCUT2D eigenvalue weighted by Crippen LogP contribution is 2.36. The number of likely N-dealkylation sites (N-methyl/N-ethyl adjacent to an activating group) is 1. The lowest BCUT2D eigenvalue weighted by Gasteiger charge is -2.19. The molecule has 1 aliphatic rings. The highest BCUT2D eigenvalue weighted by atomic mass is 35.5. The van der Waals surface area contributed by atoms with Gasteiger partial charge in [-0.05, 0) is 26.2 Å². The van der Waals surface area contributed by atoms with Crippen molar-refractivity contribution in [1.29, 1.82) is 0 Å². The first-order chi connectivity index (χ1) is 8.41. The number of ketones is 1. The molecule has 0 saturated carbocycles. The number of halogens is 2. The summed E-state index contributed by atoms with van der Waals surface area (Å²) < 4.78 is 0. The maximum absolute atomic E-state index is 11.9. The van der Waals surface area contributed by atoms with Crippen molar-refractivity contribution in [3.05, 3.63) is 27.7 Å². The van der Waals surface area contributed by atoms with Crippen molar-refractivity contribution in [2.45, 2.75) is 0 Å². The van der Waals surface area contributed by atoms with Gasteiger partial charge in [0.05, 0.1) is 16.3 Å². The van der Waals surface area contributed by atoms with E-state index in [-0.39, 0.29) is 10.6 Å². The van der Waals surface area contributed by atoms with E-state index in [4.69, 9.17) is 23.2 Å². The second-order valence-corrected chi connectivity index (χ2v) is 5.21. The first-order valence-corrected chi connectivity index (χ1v) is 6.17. The van der Waals surface area contributed by atoms with Crippen molar-refractivity contribution in [3.63, 3.8) is 0 Å². The summed E-state index contributed by atoms with van der Waals surface area (Å²) >= 11 is 11.9. The van der Waals surface area contributed by atoms with Gasteiger partial charge in [-0.1, -0.05) is 23.2 Å². The van der Waals surface area contributed by atoms with E-state index in [2.05, 4.69) is 0 Å². The molecule has 0 radical (unpaired) electrons. The molecule has 0 unspecified atom stereocenters. The highest BCUT2D eigenvalue weighted by Gasteiger charge is 2.37. The number of hydrogen-bond donors (Lipinski definition) is 0. The van der Waals surface area contributed by atoms with E-state index in [1.165, 1.54) is 11.0 Å². The Hall–Kier alpha value is -1.10. The number of rotatable bonds is 3. The predicted molar refractivity (Wildman–Crippen MR) is 71.7 cm³/mol. The van der Waals surface area contributed by atoms with Crippen LogP contribution in [0.1, 0.15) is 10.4 Å². The van der Waals surface area contributed by atoms with Gasteiger partial charge in [-0.2, -0.15) is 0 Å². The monoisotopic (exact) mass is 286 g/mol. The average Bonchev–Trinajstić information content (AvgIpc) is 2.49. The van der Waals surface area contributed by atoms with Gasteiger partial charge in [0.15, 0.2) is 0 Å². The van der Waals surface area contributed by atoms with E-state index < -0.39 is 11.7 Å². The van der Waals surface area contributed by atoms with Crippen LogP contribution in [-0.4, -0.2) is 43.8 Å². The van der Waals surface area contributed by atoms with E-state index >= 15 is 0 Å². The van der Waals surface area contributed by atoms with Crippen LogP contribution in [0.25, 0.3) is 0 Å². The molecule has 96 valence electrons. The fourth-order valence-electron chi connectivity index (χ4n) is 1.86. The van der Waals surface area contributed by atoms with Crippen molar-refractivity contribution >= 4 is 40.6 Å². The number of amides is 1. The van der Waals surface area contributed by atoms with Gasteiger partial charge < -0.3 is 9.80 Å². The fourth-order valence-corrected chi connectivity index (χ4v) is 2.43. The van der Waals surface area contributed by atoms with Crippen LogP contribution in [0, 0.1) is 0 Å². The predicted octanol–water partition coefficient (Wildman–Crippen LogP) is 2.08. The molecule has 1 aromatic carbocycles. The number of hydrogen-bond acceptors (Lipinski definition) is 3. The molecule has 1 heterocycles. The summed E-state index contributed by atoms with van der Waals surface area (Å²) in [5.74, 6) is -1.11. The van der Waals surface area contributed by atoms with Crippen LogP contribution in [0.3, 0.4) is 0 Å². The molecule has 0 N–H and O–H groups in total.